The molecule has 0 aromatic heterocycles. The molecule has 1 aliphatic heterocycles. The summed E-state index contributed by atoms with van der Waals surface area (Å²) in [5.41, 5.74) is 0.951. The quantitative estimate of drug-likeness (QED) is 0.820. The van der Waals surface area contributed by atoms with Gasteiger partial charge in [0.15, 0.2) is 0 Å². The van der Waals surface area contributed by atoms with Crippen LogP contribution in [-0.4, -0.2) is 22.9 Å². The molecule has 1 aromatic carbocycles. The standard InChI is InChI=1S/C13H16O2S/c14-9-13(10-4-6-16-7-5-10)11-2-1-3-12(15)8-11/h1-3,8-10,13,15H,4-7H2. The summed E-state index contributed by atoms with van der Waals surface area (Å²) in [7, 11) is 0. The molecule has 1 heterocycles. The van der Waals surface area contributed by atoms with Gasteiger partial charge in [0, 0.05) is 5.92 Å². The van der Waals surface area contributed by atoms with Gasteiger partial charge in [-0.1, -0.05) is 12.1 Å². The third kappa shape index (κ3) is 2.59. The van der Waals surface area contributed by atoms with Gasteiger partial charge in [-0.3, -0.25) is 0 Å². The normalized spacial score (nSPS) is 19.2. The molecule has 0 bridgehead atoms. The number of hydrogen-bond acceptors (Lipinski definition) is 3. The zero-order valence-corrected chi connectivity index (χ0v) is 9.95. The summed E-state index contributed by atoms with van der Waals surface area (Å²) >= 11 is 1.96. The van der Waals surface area contributed by atoms with E-state index in [1.165, 1.54) is 0 Å². The lowest BCUT2D eigenvalue weighted by atomic mass is 9.83. The number of thioether (sulfide) groups is 1. The molecule has 0 aliphatic carbocycles. The van der Waals surface area contributed by atoms with Gasteiger partial charge in [0.2, 0.25) is 0 Å². The van der Waals surface area contributed by atoms with Crippen LogP contribution in [0.15, 0.2) is 24.3 Å². The van der Waals surface area contributed by atoms with E-state index in [1.807, 2.05) is 17.8 Å². The number of phenolic OH excluding ortho intramolecular Hbond substituents is 1. The molecule has 2 rings (SSSR count). The Labute approximate surface area is 100 Å². The highest BCUT2D eigenvalue weighted by Gasteiger charge is 2.24. The second-order valence-electron chi connectivity index (χ2n) is 4.21. The topological polar surface area (TPSA) is 37.3 Å². The van der Waals surface area contributed by atoms with Crippen LogP contribution in [0.25, 0.3) is 0 Å². The van der Waals surface area contributed by atoms with E-state index in [0.29, 0.717) is 5.92 Å². The summed E-state index contributed by atoms with van der Waals surface area (Å²) < 4.78 is 0. The second-order valence-corrected chi connectivity index (χ2v) is 5.43. The summed E-state index contributed by atoms with van der Waals surface area (Å²) in [6.45, 7) is 0. The van der Waals surface area contributed by atoms with E-state index in [9.17, 15) is 9.90 Å². The first-order chi connectivity index (χ1) is 7.81. The molecular weight excluding hydrogens is 220 g/mol. The largest absolute Gasteiger partial charge is 0.508 e. The number of benzene rings is 1. The number of hydrogen-bond donors (Lipinski definition) is 1. The van der Waals surface area contributed by atoms with Crippen molar-refractivity contribution < 1.29 is 9.90 Å². The van der Waals surface area contributed by atoms with Crippen LogP contribution >= 0.6 is 11.8 Å². The van der Waals surface area contributed by atoms with Crippen LogP contribution in [0.5, 0.6) is 5.75 Å². The first-order valence-electron chi connectivity index (χ1n) is 5.63. The maximum atomic E-state index is 11.2. The Hall–Kier alpha value is -0.960. The minimum atomic E-state index is -0.0481. The Morgan fingerprint density at radius 3 is 2.75 bits per heavy atom. The predicted octanol–water partition coefficient (Wildman–Crippen LogP) is 2.82. The molecule has 1 N–H and O–H groups in total. The van der Waals surface area contributed by atoms with Crippen molar-refractivity contribution in [1.82, 2.24) is 0 Å². The fourth-order valence-electron chi connectivity index (χ4n) is 2.27. The molecule has 0 amide bonds. The number of carbonyl (C=O) groups excluding carboxylic acids is 1. The van der Waals surface area contributed by atoms with Crippen molar-refractivity contribution in [3.8, 4) is 5.75 Å². The van der Waals surface area contributed by atoms with Gasteiger partial charge in [0.05, 0.1) is 0 Å². The van der Waals surface area contributed by atoms with Crippen LogP contribution in [0.2, 0.25) is 0 Å². The van der Waals surface area contributed by atoms with Crippen molar-refractivity contribution in [2.24, 2.45) is 5.92 Å². The predicted molar refractivity (Wildman–Crippen MR) is 67.0 cm³/mol. The van der Waals surface area contributed by atoms with Crippen LogP contribution in [0.1, 0.15) is 24.3 Å². The van der Waals surface area contributed by atoms with Gasteiger partial charge < -0.3 is 9.90 Å². The lowest BCUT2D eigenvalue weighted by molar-refractivity contribution is -0.110. The third-order valence-corrected chi connectivity index (χ3v) is 4.22. The highest BCUT2D eigenvalue weighted by Crippen LogP contribution is 2.34. The smallest absolute Gasteiger partial charge is 0.127 e. The average Bonchev–Trinajstić information content (AvgIpc) is 2.31. The second kappa shape index (κ2) is 5.39. The van der Waals surface area contributed by atoms with Crippen molar-refractivity contribution in [2.75, 3.05) is 11.5 Å². The van der Waals surface area contributed by atoms with Gasteiger partial charge in [-0.05, 0) is 48.0 Å². The van der Waals surface area contributed by atoms with Gasteiger partial charge in [-0.2, -0.15) is 11.8 Å². The number of carbonyl (C=O) groups is 1. The Balaban J connectivity index is 2.17. The van der Waals surface area contributed by atoms with Crippen molar-refractivity contribution >= 4 is 18.0 Å². The van der Waals surface area contributed by atoms with Gasteiger partial charge in [-0.25, -0.2) is 0 Å². The number of aromatic hydroxyl groups is 1. The molecule has 1 unspecified atom stereocenters. The van der Waals surface area contributed by atoms with E-state index >= 15 is 0 Å². The van der Waals surface area contributed by atoms with Gasteiger partial charge in [0.25, 0.3) is 0 Å². The fourth-order valence-corrected chi connectivity index (χ4v) is 3.41. The summed E-state index contributed by atoms with van der Waals surface area (Å²) in [6, 6.07) is 7.09. The number of rotatable bonds is 3. The molecule has 16 heavy (non-hydrogen) atoms. The third-order valence-electron chi connectivity index (χ3n) is 3.18. The van der Waals surface area contributed by atoms with E-state index < -0.39 is 0 Å². The van der Waals surface area contributed by atoms with Crippen molar-refractivity contribution in [3.05, 3.63) is 29.8 Å². The van der Waals surface area contributed by atoms with Crippen LogP contribution < -0.4 is 0 Å². The number of aldehydes is 1. The molecule has 0 saturated carbocycles. The first-order valence-corrected chi connectivity index (χ1v) is 6.78. The Morgan fingerprint density at radius 1 is 1.38 bits per heavy atom. The average molecular weight is 236 g/mol. The molecule has 2 nitrogen and oxygen atoms in total. The monoisotopic (exact) mass is 236 g/mol. The molecule has 1 aliphatic rings. The summed E-state index contributed by atoms with van der Waals surface area (Å²) in [5, 5.41) is 9.44. The van der Waals surface area contributed by atoms with Crippen LogP contribution in [0, 0.1) is 5.92 Å². The molecule has 1 atom stereocenters. The Morgan fingerprint density at radius 2 is 2.12 bits per heavy atom. The first kappa shape index (κ1) is 11.5. The lowest BCUT2D eigenvalue weighted by Crippen LogP contribution is -2.19. The van der Waals surface area contributed by atoms with Crippen LogP contribution in [-0.2, 0) is 4.79 Å². The highest BCUT2D eigenvalue weighted by molar-refractivity contribution is 7.99. The molecule has 86 valence electrons. The van der Waals surface area contributed by atoms with E-state index in [-0.39, 0.29) is 11.7 Å². The van der Waals surface area contributed by atoms with Gasteiger partial charge in [0.1, 0.15) is 12.0 Å². The van der Waals surface area contributed by atoms with Gasteiger partial charge in [-0.15, -0.1) is 0 Å². The maximum Gasteiger partial charge on any atom is 0.127 e. The van der Waals surface area contributed by atoms with Crippen LogP contribution in [0.3, 0.4) is 0 Å². The van der Waals surface area contributed by atoms with E-state index in [0.717, 1.165) is 36.2 Å². The Bertz CT molecular complexity index is 359. The lowest BCUT2D eigenvalue weighted by Gasteiger charge is -2.26. The molecule has 0 spiro atoms. The molecule has 1 aromatic rings. The number of phenols is 1. The molecular formula is C13H16O2S. The summed E-state index contributed by atoms with van der Waals surface area (Å²) in [6.07, 6.45) is 3.24. The molecule has 0 radical (unpaired) electrons. The summed E-state index contributed by atoms with van der Waals surface area (Å²) in [4.78, 5) is 11.2. The van der Waals surface area contributed by atoms with Crippen molar-refractivity contribution in [2.45, 2.75) is 18.8 Å². The zero-order chi connectivity index (χ0) is 11.4. The fraction of sp³-hybridized carbons (Fsp3) is 0.462. The SMILES string of the molecule is O=CC(c1cccc(O)c1)C1CCSCC1. The Kier molecular flexibility index (Phi) is 3.88. The van der Waals surface area contributed by atoms with E-state index in [4.69, 9.17) is 0 Å². The van der Waals surface area contributed by atoms with E-state index in [1.54, 1.807) is 18.2 Å². The van der Waals surface area contributed by atoms with Gasteiger partial charge >= 0.3 is 0 Å². The molecule has 3 heteroatoms. The summed E-state index contributed by atoms with van der Waals surface area (Å²) in [5.74, 6) is 2.94. The van der Waals surface area contributed by atoms with Crippen molar-refractivity contribution in [3.63, 3.8) is 0 Å². The zero-order valence-electron chi connectivity index (χ0n) is 9.13. The maximum absolute atomic E-state index is 11.2. The van der Waals surface area contributed by atoms with Crippen LogP contribution in [0.4, 0.5) is 0 Å². The highest BCUT2D eigenvalue weighted by atomic mass is 32.2. The van der Waals surface area contributed by atoms with Crippen molar-refractivity contribution in [1.29, 1.82) is 0 Å². The minimum absolute atomic E-state index is 0.0481. The molecule has 1 fully saturated rings. The minimum Gasteiger partial charge on any atom is -0.508 e. The van der Waals surface area contributed by atoms with E-state index in [2.05, 4.69) is 0 Å². The molecule has 1 saturated heterocycles.